The van der Waals surface area contributed by atoms with Gasteiger partial charge in [-0.05, 0) is 0 Å². The molecule has 0 fully saturated rings. The minimum atomic E-state index is -3.28. The van der Waals surface area contributed by atoms with E-state index in [4.69, 9.17) is 5.73 Å². The van der Waals surface area contributed by atoms with Gasteiger partial charge in [-0.1, -0.05) is 6.92 Å². The predicted molar refractivity (Wildman–Crippen MR) is 55.1 cm³/mol. The molecule has 0 saturated carbocycles. The minimum absolute atomic E-state index is 0.0282. The quantitative estimate of drug-likeness (QED) is 0.784. The van der Waals surface area contributed by atoms with Gasteiger partial charge in [0, 0.05) is 0 Å². The Labute approximate surface area is 86.7 Å². The van der Waals surface area contributed by atoms with Gasteiger partial charge in [-0.25, -0.2) is 17.9 Å². The van der Waals surface area contributed by atoms with Crippen LogP contribution in [0.4, 0.5) is 5.69 Å². The summed E-state index contributed by atoms with van der Waals surface area (Å²) < 4.78 is 24.6. The Morgan fingerprint density at radius 2 is 2.20 bits per heavy atom. The molecular weight excluding hydrogens is 216 g/mol. The minimum Gasteiger partial charge on any atom is -0.396 e. The van der Waals surface area contributed by atoms with Crippen molar-refractivity contribution in [1.82, 2.24) is 14.6 Å². The van der Waals surface area contributed by atoms with Gasteiger partial charge in [-0.15, -0.1) is 0 Å². The average Bonchev–Trinajstić information content (AvgIpc) is 2.61. The van der Waals surface area contributed by atoms with E-state index in [1.54, 1.807) is 6.92 Å². The SMILES string of the molecule is CCS(=O)(=O)c1cnn2cc(N)cnc12. The number of aromatic nitrogens is 3. The molecule has 0 aliphatic carbocycles. The normalized spacial score (nSPS) is 12.1. The molecule has 0 spiro atoms. The number of nitrogens with two attached hydrogens (primary N) is 1. The Hall–Kier alpha value is -1.63. The van der Waals surface area contributed by atoms with Crippen molar-refractivity contribution >= 4 is 21.2 Å². The van der Waals surface area contributed by atoms with E-state index < -0.39 is 9.84 Å². The van der Waals surface area contributed by atoms with Gasteiger partial charge >= 0.3 is 0 Å². The molecule has 0 bridgehead atoms. The highest BCUT2D eigenvalue weighted by Gasteiger charge is 2.18. The third kappa shape index (κ3) is 1.54. The second-order valence-corrected chi connectivity index (χ2v) is 5.31. The van der Waals surface area contributed by atoms with Gasteiger partial charge in [0.1, 0.15) is 4.90 Å². The Morgan fingerprint density at radius 3 is 2.87 bits per heavy atom. The first-order valence-corrected chi connectivity index (χ1v) is 6.01. The first kappa shape index (κ1) is 9.91. The zero-order chi connectivity index (χ0) is 11.1. The molecule has 0 aliphatic heterocycles. The maximum Gasteiger partial charge on any atom is 0.183 e. The van der Waals surface area contributed by atoms with Crippen LogP contribution in [-0.4, -0.2) is 28.8 Å². The van der Waals surface area contributed by atoms with Crippen molar-refractivity contribution < 1.29 is 8.42 Å². The lowest BCUT2D eigenvalue weighted by Gasteiger charge is -1.98. The van der Waals surface area contributed by atoms with Gasteiger partial charge in [-0.3, -0.25) is 0 Å². The maximum absolute atomic E-state index is 11.6. The summed E-state index contributed by atoms with van der Waals surface area (Å²) in [7, 11) is -3.28. The summed E-state index contributed by atoms with van der Waals surface area (Å²) >= 11 is 0. The standard InChI is InChI=1S/C8H10N4O2S/c1-2-15(13,14)7-4-11-12-5-6(9)3-10-8(7)12/h3-5H,2,9H2,1H3. The molecule has 7 heteroatoms. The van der Waals surface area contributed by atoms with Crippen molar-refractivity contribution in [3.8, 4) is 0 Å². The summed E-state index contributed by atoms with van der Waals surface area (Å²) in [6.45, 7) is 1.58. The fraction of sp³-hybridized carbons (Fsp3) is 0.250. The zero-order valence-corrected chi connectivity index (χ0v) is 8.90. The summed E-state index contributed by atoms with van der Waals surface area (Å²) in [5.41, 5.74) is 6.25. The van der Waals surface area contributed by atoms with Crippen molar-refractivity contribution in [3.63, 3.8) is 0 Å². The van der Waals surface area contributed by atoms with Gasteiger partial charge in [0.25, 0.3) is 0 Å². The summed E-state index contributed by atoms with van der Waals surface area (Å²) in [6.07, 6.45) is 4.23. The zero-order valence-electron chi connectivity index (χ0n) is 8.08. The maximum atomic E-state index is 11.6. The molecule has 6 nitrogen and oxygen atoms in total. The van der Waals surface area contributed by atoms with E-state index in [0.29, 0.717) is 11.3 Å². The highest BCUT2D eigenvalue weighted by atomic mass is 32.2. The van der Waals surface area contributed by atoms with Crippen molar-refractivity contribution in [2.45, 2.75) is 11.8 Å². The van der Waals surface area contributed by atoms with Crippen LogP contribution >= 0.6 is 0 Å². The van der Waals surface area contributed by atoms with Crippen molar-refractivity contribution in [1.29, 1.82) is 0 Å². The first-order valence-electron chi connectivity index (χ1n) is 4.36. The number of hydrogen-bond donors (Lipinski definition) is 1. The number of hydrogen-bond acceptors (Lipinski definition) is 5. The lowest BCUT2D eigenvalue weighted by Crippen LogP contribution is -2.04. The van der Waals surface area contributed by atoms with E-state index in [2.05, 4.69) is 10.1 Å². The molecule has 0 atom stereocenters. The van der Waals surface area contributed by atoms with Crippen LogP contribution in [-0.2, 0) is 9.84 Å². The number of fused-ring (bicyclic) bond motifs is 1. The van der Waals surface area contributed by atoms with Crippen LogP contribution in [0.2, 0.25) is 0 Å². The van der Waals surface area contributed by atoms with Crippen LogP contribution in [0.15, 0.2) is 23.5 Å². The summed E-state index contributed by atoms with van der Waals surface area (Å²) in [4.78, 5) is 4.09. The van der Waals surface area contributed by atoms with E-state index in [1.165, 1.54) is 23.1 Å². The van der Waals surface area contributed by atoms with Crippen molar-refractivity contribution in [3.05, 3.63) is 18.6 Å². The van der Waals surface area contributed by atoms with E-state index >= 15 is 0 Å². The van der Waals surface area contributed by atoms with Gasteiger partial charge in [0.2, 0.25) is 0 Å². The molecule has 0 aromatic carbocycles. The molecule has 0 saturated heterocycles. The molecule has 15 heavy (non-hydrogen) atoms. The second kappa shape index (κ2) is 3.20. The van der Waals surface area contributed by atoms with E-state index in [1.807, 2.05) is 0 Å². The van der Waals surface area contributed by atoms with Crippen LogP contribution in [0.25, 0.3) is 5.65 Å². The highest BCUT2D eigenvalue weighted by Crippen LogP contribution is 2.16. The molecule has 0 amide bonds. The lowest BCUT2D eigenvalue weighted by atomic mass is 10.5. The van der Waals surface area contributed by atoms with Gasteiger partial charge in [0.05, 0.1) is 30.0 Å². The molecule has 2 rings (SSSR count). The fourth-order valence-electron chi connectivity index (χ4n) is 1.24. The van der Waals surface area contributed by atoms with Crippen molar-refractivity contribution in [2.24, 2.45) is 0 Å². The number of anilines is 1. The van der Waals surface area contributed by atoms with Crippen LogP contribution in [0.5, 0.6) is 0 Å². The molecule has 2 aromatic rings. The molecule has 80 valence electrons. The molecule has 2 N–H and O–H groups in total. The number of rotatable bonds is 2. The third-order valence-electron chi connectivity index (χ3n) is 2.06. The molecule has 0 unspecified atom stereocenters. The van der Waals surface area contributed by atoms with E-state index in [0.717, 1.165) is 0 Å². The molecule has 2 heterocycles. The topological polar surface area (TPSA) is 90.3 Å². The molecular formula is C8H10N4O2S. The Kier molecular flexibility index (Phi) is 2.11. The van der Waals surface area contributed by atoms with E-state index in [-0.39, 0.29) is 10.6 Å². The molecule has 2 aromatic heterocycles. The summed E-state index contributed by atoms with van der Waals surface area (Å²) in [5.74, 6) is 0.0282. The van der Waals surface area contributed by atoms with Crippen molar-refractivity contribution in [2.75, 3.05) is 11.5 Å². The second-order valence-electron chi connectivity index (χ2n) is 3.07. The Balaban J connectivity index is 2.75. The largest absolute Gasteiger partial charge is 0.396 e. The van der Waals surface area contributed by atoms with Crippen LogP contribution in [0, 0.1) is 0 Å². The van der Waals surface area contributed by atoms with Crippen LogP contribution < -0.4 is 5.73 Å². The smallest absolute Gasteiger partial charge is 0.183 e. The number of nitrogen functional groups attached to an aromatic ring is 1. The number of sulfone groups is 1. The highest BCUT2D eigenvalue weighted by molar-refractivity contribution is 7.91. The average molecular weight is 226 g/mol. The van der Waals surface area contributed by atoms with Crippen LogP contribution in [0.3, 0.4) is 0 Å². The summed E-state index contributed by atoms with van der Waals surface area (Å²) in [5, 5.41) is 3.89. The summed E-state index contributed by atoms with van der Waals surface area (Å²) in [6, 6.07) is 0. The van der Waals surface area contributed by atoms with Gasteiger partial charge in [-0.2, -0.15) is 5.10 Å². The predicted octanol–water partition coefficient (Wildman–Crippen LogP) is 0.105. The molecule has 0 aliphatic rings. The fourth-order valence-corrected chi connectivity index (χ4v) is 2.19. The Morgan fingerprint density at radius 1 is 1.47 bits per heavy atom. The van der Waals surface area contributed by atoms with Gasteiger partial charge < -0.3 is 5.73 Å². The lowest BCUT2D eigenvalue weighted by molar-refractivity contribution is 0.598. The Bertz CT molecular complexity index is 602. The third-order valence-corrected chi connectivity index (χ3v) is 3.78. The monoisotopic (exact) mass is 226 g/mol. The van der Waals surface area contributed by atoms with E-state index in [9.17, 15) is 8.42 Å². The van der Waals surface area contributed by atoms with Gasteiger partial charge in [0.15, 0.2) is 15.5 Å². The number of nitrogens with zero attached hydrogens (tertiary/aromatic N) is 3. The van der Waals surface area contributed by atoms with Crippen LogP contribution in [0.1, 0.15) is 6.92 Å². The first-order chi connectivity index (χ1) is 7.04. The molecule has 0 radical (unpaired) electrons.